The molecule has 2 heterocycles. The zero-order valence-corrected chi connectivity index (χ0v) is 15.5. The second kappa shape index (κ2) is 8.13. The molecule has 0 bridgehead atoms. The average Bonchev–Trinajstić information content (AvgIpc) is 2.61. The van der Waals surface area contributed by atoms with Crippen LogP contribution in [0.15, 0.2) is 24.3 Å². The number of fused-ring (bicyclic) bond motifs is 1. The molecular weight excluding hydrogens is 314 g/mol. The van der Waals surface area contributed by atoms with Crippen molar-refractivity contribution in [3.05, 3.63) is 35.5 Å². The molecule has 1 aromatic heterocycles. The highest BCUT2D eigenvalue weighted by Gasteiger charge is 2.20. The SMILES string of the molecule is CCc1c(C)nc2ccccc2c1N(C)CC(O)CN1CCOCC1. The van der Waals surface area contributed by atoms with Crippen LogP contribution in [0.3, 0.4) is 0 Å². The topological polar surface area (TPSA) is 48.8 Å². The first-order chi connectivity index (χ1) is 12.1. The van der Waals surface area contributed by atoms with Crippen LogP contribution >= 0.6 is 0 Å². The van der Waals surface area contributed by atoms with Gasteiger partial charge >= 0.3 is 0 Å². The Bertz CT molecular complexity index is 713. The number of rotatable bonds is 6. The highest BCUT2D eigenvalue weighted by atomic mass is 16.5. The van der Waals surface area contributed by atoms with Gasteiger partial charge in [0.2, 0.25) is 0 Å². The number of likely N-dealkylation sites (N-methyl/N-ethyl adjacent to an activating group) is 1. The van der Waals surface area contributed by atoms with E-state index in [0.717, 1.165) is 49.3 Å². The summed E-state index contributed by atoms with van der Waals surface area (Å²) in [7, 11) is 2.07. The van der Waals surface area contributed by atoms with E-state index in [1.807, 2.05) is 6.07 Å². The predicted molar refractivity (Wildman–Crippen MR) is 102 cm³/mol. The summed E-state index contributed by atoms with van der Waals surface area (Å²) in [4.78, 5) is 9.22. The lowest BCUT2D eigenvalue weighted by atomic mass is 10.0. The van der Waals surface area contributed by atoms with Gasteiger partial charge in [0.1, 0.15) is 0 Å². The summed E-state index contributed by atoms with van der Waals surface area (Å²) < 4.78 is 5.38. The fourth-order valence-corrected chi connectivity index (χ4v) is 3.76. The minimum atomic E-state index is -0.389. The number of aromatic nitrogens is 1. The van der Waals surface area contributed by atoms with E-state index in [0.29, 0.717) is 13.1 Å². The second-order valence-electron chi connectivity index (χ2n) is 6.84. The van der Waals surface area contributed by atoms with Crippen molar-refractivity contribution in [1.82, 2.24) is 9.88 Å². The van der Waals surface area contributed by atoms with Gasteiger partial charge in [-0.2, -0.15) is 0 Å². The Labute approximate surface area is 150 Å². The van der Waals surface area contributed by atoms with Crippen LogP contribution in [0, 0.1) is 6.92 Å². The minimum Gasteiger partial charge on any atom is -0.390 e. The molecule has 1 aliphatic rings. The zero-order valence-electron chi connectivity index (χ0n) is 15.5. The number of β-amino-alcohol motifs (C(OH)–C–C–N with tert-alkyl or cyclic N) is 1. The first-order valence-electron chi connectivity index (χ1n) is 9.17. The Hall–Kier alpha value is -1.69. The number of pyridine rings is 1. The smallest absolute Gasteiger partial charge is 0.0841 e. The van der Waals surface area contributed by atoms with Crippen molar-refractivity contribution in [2.24, 2.45) is 0 Å². The summed E-state index contributed by atoms with van der Waals surface area (Å²) in [6.07, 6.45) is 0.545. The van der Waals surface area contributed by atoms with E-state index in [1.165, 1.54) is 11.3 Å². The molecule has 0 saturated carbocycles. The molecule has 1 saturated heterocycles. The summed E-state index contributed by atoms with van der Waals surface area (Å²) in [6.45, 7) is 8.87. The molecule has 0 spiro atoms. The monoisotopic (exact) mass is 343 g/mol. The number of benzene rings is 1. The average molecular weight is 343 g/mol. The number of hydrogen-bond acceptors (Lipinski definition) is 5. The van der Waals surface area contributed by atoms with Crippen molar-refractivity contribution in [2.75, 3.05) is 51.3 Å². The van der Waals surface area contributed by atoms with Crippen LogP contribution in [0.4, 0.5) is 5.69 Å². The number of ether oxygens (including phenoxy) is 1. The summed E-state index contributed by atoms with van der Waals surface area (Å²) in [5.41, 5.74) is 4.55. The lowest BCUT2D eigenvalue weighted by Gasteiger charge is -2.31. The maximum absolute atomic E-state index is 10.6. The van der Waals surface area contributed by atoms with Crippen molar-refractivity contribution in [3.63, 3.8) is 0 Å². The van der Waals surface area contributed by atoms with E-state index in [1.54, 1.807) is 0 Å². The molecular formula is C20H29N3O2. The highest BCUT2D eigenvalue weighted by molar-refractivity contribution is 5.93. The molecule has 25 heavy (non-hydrogen) atoms. The van der Waals surface area contributed by atoms with Gasteiger partial charge in [-0.05, 0) is 25.0 Å². The van der Waals surface area contributed by atoms with Gasteiger partial charge in [0.05, 0.1) is 30.5 Å². The van der Waals surface area contributed by atoms with Gasteiger partial charge in [0.25, 0.3) is 0 Å². The van der Waals surface area contributed by atoms with Crippen molar-refractivity contribution in [3.8, 4) is 0 Å². The van der Waals surface area contributed by atoms with Crippen molar-refractivity contribution in [1.29, 1.82) is 0 Å². The van der Waals surface area contributed by atoms with Crippen LogP contribution in [-0.4, -0.2) is 67.5 Å². The summed E-state index contributed by atoms with van der Waals surface area (Å²) in [6, 6.07) is 8.27. The molecule has 1 N–H and O–H groups in total. The molecule has 1 fully saturated rings. The van der Waals surface area contributed by atoms with Crippen molar-refractivity contribution in [2.45, 2.75) is 26.4 Å². The van der Waals surface area contributed by atoms with E-state index in [2.05, 4.69) is 48.9 Å². The van der Waals surface area contributed by atoms with Gasteiger partial charge in [-0.15, -0.1) is 0 Å². The number of morpholine rings is 1. The first kappa shape index (κ1) is 18.1. The van der Waals surface area contributed by atoms with E-state index in [9.17, 15) is 5.11 Å². The summed E-state index contributed by atoms with van der Waals surface area (Å²) in [5, 5.41) is 11.8. The van der Waals surface area contributed by atoms with E-state index < -0.39 is 0 Å². The molecule has 0 aliphatic carbocycles. The Morgan fingerprint density at radius 1 is 1.28 bits per heavy atom. The Kier molecular flexibility index (Phi) is 5.89. The lowest BCUT2D eigenvalue weighted by Crippen LogP contribution is -2.44. The van der Waals surface area contributed by atoms with Crippen molar-refractivity contribution >= 4 is 16.6 Å². The third-order valence-corrected chi connectivity index (χ3v) is 4.96. The maximum atomic E-state index is 10.6. The molecule has 1 aliphatic heterocycles. The molecule has 5 heteroatoms. The highest BCUT2D eigenvalue weighted by Crippen LogP contribution is 2.31. The molecule has 136 valence electrons. The lowest BCUT2D eigenvalue weighted by molar-refractivity contribution is 0.0163. The molecule has 1 aromatic carbocycles. The Morgan fingerprint density at radius 2 is 2.00 bits per heavy atom. The van der Waals surface area contributed by atoms with Crippen LogP contribution in [-0.2, 0) is 11.2 Å². The predicted octanol–water partition coefficient (Wildman–Crippen LogP) is 2.23. The third kappa shape index (κ3) is 4.11. The standard InChI is InChI=1S/C20H29N3O2/c1-4-17-15(2)21-19-8-6-5-7-18(19)20(17)22(3)13-16(24)14-23-9-11-25-12-10-23/h5-8,16,24H,4,9-14H2,1-3H3. The van der Waals surface area contributed by atoms with Crippen LogP contribution in [0.5, 0.6) is 0 Å². The fraction of sp³-hybridized carbons (Fsp3) is 0.550. The van der Waals surface area contributed by atoms with Crippen LogP contribution in [0.25, 0.3) is 10.9 Å². The number of aliphatic hydroxyl groups excluding tert-OH is 1. The third-order valence-electron chi connectivity index (χ3n) is 4.96. The quantitative estimate of drug-likeness (QED) is 0.872. The number of para-hydroxylation sites is 1. The molecule has 0 radical (unpaired) electrons. The van der Waals surface area contributed by atoms with Crippen molar-refractivity contribution < 1.29 is 9.84 Å². The maximum Gasteiger partial charge on any atom is 0.0841 e. The molecule has 5 nitrogen and oxygen atoms in total. The van der Waals surface area contributed by atoms with Crippen LogP contribution < -0.4 is 4.90 Å². The molecule has 1 unspecified atom stereocenters. The van der Waals surface area contributed by atoms with Gasteiger partial charge in [-0.25, -0.2) is 0 Å². The fourth-order valence-electron chi connectivity index (χ4n) is 3.76. The zero-order chi connectivity index (χ0) is 17.8. The molecule has 2 aromatic rings. The Balaban J connectivity index is 1.82. The number of aryl methyl sites for hydroxylation is 1. The summed E-state index contributed by atoms with van der Waals surface area (Å²) >= 11 is 0. The molecule has 0 amide bonds. The summed E-state index contributed by atoms with van der Waals surface area (Å²) in [5.74, 6) is 0. The van der Waals surface area contributed by atoms with Gasteiger partial charge in [-0.1, -0.05) is 25.1 Å². The second-order valence-corrected chi connectivity index (χ2v) is 6.84. The number of anilines is 1. The molecule has 3 rings (SSSR count). The van der Waals surface area contributed by atoms with Gasteiger partial charge in [0, 0.05) is 44.3 Å². The number of hydrogen-bond donors (Lipinski definition) is 1. The van der Waals surface area contributed by atoms with Crippen LogP contribution in [0.1, 0.15) is 18.2 Å². The van der Waals surface area contributed by atoms with E-state index >= 15 is 0 Å². The van der Waals surface area contributed by atoms with Gasteiger partial charge < -0.3 is 14.7 Å². The first-order valence-corrected chi connectivity index (χ1v) is 9.17. The number of nitrogens with zero attached hydrogens (tertiary/aromatic N) is 3. The van der Waals surface area contributed by atoms with Gasteiger partial charge in [0.15, 0.2) is 0 Å². The van der Waals surface area contributed by atoms with Crippen LogP contribution in [0.2, 0.25) is 0 Å². The Morgan fingerprint density at radius 3 is 2.72 bits per heavy atom. The van der Waals surface area contributed by atoms with Gasteiger partial charge in [-0.3, -0.25) is 9.88 Å². The molecule has 1 atom stereocenters. The minimum absolute atomic E-state index is 0.389. The largest absolute Gasteiger partial charge is 0.390 e. The number of aliphatic hydroxyl groups is 1. The van der Waals surface area contributed by atoms with E-state index in [4.69, 9.17) is 9.72 Å². The van der Waals surface area contributed by atoms with E-state index in [-0.39, 0.29) is 6.10 Å². The normalized spacial score (nSPS) is 17.0.